The van der Waals surface area contributed by atoms with Crippen LogP contribution < -0.4 is 9.46 Å². The number of aliphatic carboxylic acids is 1. The number of benzene rings is 2. The molecule has 7 nitrogen and oxygen atoms in total. The number of rotatable bonds is 8. The molecule has 3 aromatic rings. The number of ether oxygens (including phenoxy) is 1. The largest absolute Gasteiger partial charge is 0.482 e. The number of aromatic nitrogens is 1. The third-order valence-electron chi connectivity index (χ3n) is 6.05. The molecule has 1 aliphatic carbocycles. The molecule has 184 valence electrons. The molecule has 1 unspecified atom stereocenters. The Balaban J connectivity index is 1.58. The van der Waals surface area contributed by atoms with Gasteiger partial charge in [-0.05, 0) is 71.7 Å². The van der Waals surface area contributed by atoms with Crippen molar-refractivity contribution in [2.75, 3.05) is 6.61 Å². The van der Waals surface area contributed by atoms with Crippen LogP contribution in [0.25, 0.3) is 11.1 Å². The van der Waals surface area contributed by atoms with Gasteiger partial charge >= 0.3 is 5.97 Å². The predicted octanol–water partition coefficient (Wildman–Crippen LogP) is 5.34. The standard InChI is InChI=1S/C26H27ClN2O5S/c1-16(2)17-5-3-6-18(11-17)19-9-10-25(28-14-19)35(32,33)29-23-8-4-7-21-22(23)12-20(27)13-24(21)34-15-26(30)31/h3,5-6,9-14,16,23,29H,4,7-8,15H2,1-2H3,(H,30,31). The molecule has 0 saturated carbocycles. The Kier molecular flexibility index (Phi) is 7.44. The first-order valence-corrected chi connectivity index (χ1v) is 13.3. The van der Waals surface area contributed by atoms with Crippen molar-refractivity contribution in [1.82, 2.24) is 9.71 Å². The van der Waals surface area contributed by atoms with Crippen LogP contribution in [0, 0.1) is 0 Å². The molecule has 0 bridgehead atoms. The second-order valence-electron chi connectivity index (χ2n) is 8.89. The molecule has 35 heavy (non-hydrogen) atoms. The minimum atomic E-state index is -3.91. The molecule has 4 rings (SSSR count). The number of hydrogen-bond acceptors (Lipinski definition) is 5. The van der Waals surface area contributed by atoms with E-state index in [-0.39, 0.29) is 5.03 Å². The Hall–Kier alpha value is -2.94. The van der Waals surface area contributed by atoms with Gasteiger partial charge in [0.05, 0.1) is 0 Å². The lowest BCUT2D eigenvalue weighted by Gasteiger charge is -2.28. The van der Waals surface area contributed by atoms with Gasteiger partial charge in [-0.25, -0.2) is 22.9 Å². The van der Waals surface area contributed by atoms with Gasteiger partial charge < -0.3 is 9.84 Å². The van der Waals surface area contributed by atoms with Crippen LogP contribution in [0.2, 0.25) is 5.02 Å². The zero-order valence-corrected chi connectivity index (χ0v) is 21.1. The van der Waals surface area contributed by atoms with Gasteiger partial charge in [-0.3, -0.25) is 0 Å². The molecule has 0 spiro atoms. The Morgan fingerprint density at radius 1 is 1.20 bits per heavy atom. The maximum absolute atomic E-state index is 13.2. The summed E-state index contributed by atoms with van der Waals surface area (Å²) in [5, 5.41) is 9.23. The molecule has 1 aromatic heterocycles. The van der Waals surface area contributed by atoms with Gasteiger partial charge in [0.15, 0.2) is 11.6 Å². The first-order valence-electron chi connectivity index (χ1n) is 11.4. The fourth-order valence-corrected chi connectivity index (χ4v) is 5.67. The summed E-state index contributed by atoms with van der Waals surface area (Å²) in [6.07, 6.45) is 3.49. The SMILES string of the molecule is CC(C)c1cccc(-c2ccc(S(=O)(=O)NC3CCCc4c(OCC(=O)O)cc(Cl)cc43)nc2)c1. The normalized spacial score (nSPS) is 15.6. The lowest BCUT2D eigenvalue weighted by atomic mass is 9.87. The van der Waals surface area contributed by atoms with Crippen molar-refractivity contribution in [2.45, 2.75) is 50.1 Å². The number of carboxylic acids is 1. The highest BCUT2D eigenvalue weighted by atomic mass is 35.5. The minimum Gasteiger partial charge on any atom is -0.482 e. The second kappa shape index (κ2) is 10.4. The van der Waals surface area contributed by atoms with Crippen LogP contribution >= 0.6 is 11.6 Å². The second-order valence-corrected chi connectivity index (χ2v) is 11.0. The van der Waals surface area contributed by atoms with Gasteiger partial charge in [0, 0.05) is 22.8 Å². The average Bonchev–Trinajstić information content (AvgIpc) is 2.83. The van der Waals surface area contributed by atoms with E-state index in [1.807, 2.05) is 12.1 Å². The Morgan fingerprint density at radius 3 is 2.69 bits per heavy atom. The molecule has 9 heteroatoms. The number of nitrogens with one attached hydrogen (secondary N) is 1. The van der Waals surface area contributed by atoms with E-state index in [2.05, 4.69) is 35.7 Å². The molecule has 2 N–H and O–H groups in total. The van der Waals surface area contributed by atoms with E-state index < -0.39 is 28.6 Å². The fourth-order valence-electron chi connectivity index (χ4n) is 4.27. The highest BCUT2D eigenvalue weighted by Crippen LogP contribution is 2.38. The van der Waals surface area contributed by atoms with Gasteiger partial charge in [-0.15, -0.1) is 0 Å². The zero-order valence-electron chi connectivity index (χ0n) is 19.5. The van der Waals surface area contributed by atoms with Crippen LogP contribution in [0.1, 0.15) is 55.3 Å². The van der Waals surface area contributed by atoms with E-state index in [0.29, 0.717) is 41.5 Å². The summed E-state index contributed by atoms with van der Waals surface area (Å²) in [5.41, 5.74) is 4.46. The molecule has 1 heterocycles. The topological polar surface area (TPSA) is 106 Å². The van der Waals surface area contributed by atoms with E-state index >= 15 is 0 Å². The molecule has 0 amide bonds. The summed E-state index contributed by atoms with van der Waals surface area (Å²) in [5.74, 6) is -0.351. The Labute approximate surface area is 210 Å². The lowest BCUT2D eigenvalue weighted by molar-refractivity contribution is -0.139. The molecule has 1 aliphatic rings. The average molecular weight is 515 g/mol. The number of carboxylic acid groups (broad SMARTS) is 1. The number of carbonyl (C=O) groups is 1. The summed E-state index contributed by atoms with van der Waals surface area (Å²) in [6.45, 7) is 3.74. The summed E-state index contributed by atoms with van der Waals surface area (Å²) in [6, 6.07) is 14.1. The molecule has 0 fully saturated rings. The summed E-state index contributed by atoms with van der Waals surface area (Å²) in [7, 11) is -3.91. The maximum Gasteiger partial charge on any atom is 0.341 e. The van der Waals surface area contributed by atoms with Crippen molar-refractivity contribution in [1.29, 1.82) is 0 Å². The summed E-state index contributed by atoms with van der Waals surface area (Å²) < 4.78 is 34.5. The summed E-state index contributed by atoms with van der Waals surface area (Å²) >= 11 is 6.24. The molecule has 0 saturated heterocycles. The number of nitrogens with zero attached hydrogens (tertiary/aromatic N) is 1. The monoisotopic (exact) mass is 514 g/mol. The van der Waals surface area contributed by atoms with Gasteiger partial charge in [0.2, 0.25) is 0 Å². The molecule has 0 radical (unpaired) electrons. The first-order chi connectivity index (χ1) is 16.6. The van der Waals surface area contributed by atoms with E-state index in [1.165, 1.54) is 11.6 Å². The third-order valence-corrected chi connectivity index (χ3v) is 7.66. The van der Waals surface area contributed by atoms with Crippen LogP contribution in [-0.4, -0.2) is 31.1 Å². The van der Waals surface area contributed by atoms with E-state index in [1.54, 1.807) is 24.4 Å². The fraction of sp³-hybridized carbons (Fsp3) is 0.308. The first kappa shape index (κ1) is 25.2. The van der Waals surface area contributed by atoms with Gasteiger partial charge in [-0.2, -0.15) is 0 Å². The highest BCUT2D eigenvalue weighted by molar-refractivity contribution is 7.89. The van der Waals surface area contributed by atoms with Gasteiger partial charge in [0.25, 0.3) is 10.0 Å². The molecular weight excluding hydrogens is 488 g/mol. The van der Waals surface area contributed by atoms with E-state index in [0.717, 1.165) is 16.7 Å². The molecule has 2 aromatic carbocycles. The molecular formula is C26H27ClN2O5S. The number of pyridine rings is 1. The van der Waals surface area contributed by atoms with Crippen LogP contribution in [0.15, 0.2) is 59.8 Å². The van der Waals surface area contributed by atoms with Crippen molar-refractivity contribution >= 4 is 27.6 Å². The minimum absolute atomic E-state index is 0.0715. The zero-order chi connectivity index (χ0) is 25.2. The van der Waals surface area contributed by atoms with Crippen molar-refractivity contribution in [3.63, 3.8) is 0 Å². The third kappa shape index (κ3) is 5.83. The van der Waals surface area contributed by atoms with Crippen LogP contribution in [-0.2, 0) is 21.2 Å². The van der Waals surface area contributed by atoms with E-state index in [9.17, 15) is 13.2 Å². The van der Waals surface area contributed by atoms with Crippen molar-refractivity contribution in [2.24, 2.45) is 0 Å². The quantitative estimate of drug-likeness (QED) is 0.420. The van der Waals surface area contributed by atoms with Crippen LogP contribution in [0.4, 0.5) is 0 Å². The number of fused-ring (bicyclic) bond motifs is 1. The maximum atomic E-state index is 13.2. The molecule has 1 atom stereocenters. The Morgan fingerprint density at radius 2 is 2.00 bits per heavy atom. The number of halogens is 1. The van der Waals surface area contributed by atoms with Crippen molar-refractivity contribution in [3.8, 4) is 16.9 Å². The lowest BCUT2D eigenvalue weighted by Crippen LogP contribution is -2.31. The van der Waals surface area contributed by atoms with Gasteiger partial charge in [0.1, 0.15) is 5.75 Å². The highest BCUT2D eigenvalue weighted by Gasteiger charge is 2.29. The van der Waals surface area contributed by atoms with Crippen molar-refractivity contribution in [3.05, 3.63) is 76.4 Å². The van der Waals surface area contributed by atoms with Crippen molar-refractivity contribution < 1.29 is 23.1 Å². The Bertz CT molecular complexity index is 1340. The summed E-state index contributed by atoms with van der Waals surface area (Å²) in [4.78, 5) is 15.2. The molecule has 0 aliphatic heterocycles. The number of sulfonamides is 1. The van der Waals surface area contributed by atoms with Gasteiger partial charge in [-0.1, -0.05) is 49.7 Å². The predicted molar refractivity (Wildman–Crippen MR) is 134 cm³/mol. The number of hydrogen-bond donors (Lipinski definition) is 2. The van der Waals surface area contributed by atoms with Crippen LogP contribution in [0.5, 0.6) is 5.75 Å². The van der Waals surface area contributed by atoms with Crippen LogP contribution in [0.3, 0.4) is 0 Å². The smallest absolute Gasteiger partial charge is 0.341 e. The van der Waals surface area contributed by atoms with E-state index in [4.69, 9.17) is 21.4 Å².